The number of hydrogen-bond donors (Lipinski definition) is 3. The van der Waals surface area contributed by atoms with Gasteiger partial charge in [0.15, 0.2) is 0 Å². The molecular formula is C37H46FN3O4. The number of nitrogens with zero attached hydrogens (tertiary/aromatic N) is 1. The van der Waals surface area contributed by atoms with Crippen LogP contribution in [0.4, 0.5) is 9.18 Å². The number of aryl methyl sites for hydroxylation is 1. The molecule has 2 atom stereocenters. The average Bonchev–Trinajstić information content (AvgIpc) is 3.10. The van der Waals surface area contributed by atoms with Crippen LogP contribution in [0.3, 0.4) is 0 Å². The lowest BCUT2D eigenvalue weighted by Gasteiger charge is -2.47. The number of hydrogen-bond acceptors (Lipinski definition) is 5. The summed E-state index contributed by atoms with van der Waals surface area (Å²) in [6, 6.07) is 22.8. The molecule has 3 aromatic carbocycles. The molecule has 45 heavy (non-hydrogen) atoms. The lowest BCUT2D eigenvalue weighted by atomic mass is 9.69. The molecule has 2 saturated heterocycles. The van der Waals surface area contributed by atoms with Gasteiger partial charge in [0.05, 0.1) is 18.1 Å². The topological polar surface area (TPSA) is 90.9 Å². The minimum atomic E-state index is -1.45. The minimum Gasteiger partial charge on any atom is -0.453 e. The maximum Gasteiger partial charge on any atom is 0.406 e. The van der Waals surface area contributed by atoms with Crippen LogP contribution in [0.15, 0.2) is 72.8 Å². The van der Waals surface area contributed by atoms with E-state index in [-0.39, 0.29) is 18.2 Å². The molecule has 0 aromatic heterocycles. The fourth-order valence-corrected chi connectivity index (χ4v) is 7.40. The summed E-state index contributed by atoms with van der Waals surface area (Å²) in [6.45, 7) is 4.87. The van der Waals surface area contributed by atoms with Crippen molar-refractivity contribution in [1.29, 1.82) is 0 Å². The number of likely N-dealkylation sites (tertiary alicyclic amines) is 1. The normalized spacial score (nSPS) is 19.4. The van der Waals surface area contributed by atoms with Gasteiger partial charge in [0.1, 0.15) is 5.82 Å². The fraction of sp³-hybridized carbons (Fsp3) is 0.459. The number of amides is 2. The molecule has 7 nitrogen and oxygen atoms in total. The number of halogens is 1. The fourth-order valence-electron chi connectivity index (χ4n) is 7.40. The molecule has 2 amide bonds. The second kappa shape index (κ2) is 14.6. The van der Waals surface area contributed by atoms with Crippen LogP contribution in [-0.4, -0.2) is 61.8 Å². The van der Waals surface area contributed by atoms with Gasteiger partial charge in [-0.3, -0.25) is 4.79 Å². The van der Waals surface area contributed by atoms with Crippen molar-refractivity contribution in [2.24, 2.45) is 5.92 Å². The van der Waals surface area contributed by atoms with Crippen molar-refractivity contribution in [3.05, 3.63) is 95.3 Å². The number of alkyl carbamates (subject to hydrolysis) is 1. The Bertz CT molecular complexity index is 1460. The highest BCUT2D eigenvalue weighted by Gasteiger charge is 2.48. The zero-order valence-corrected chi connectivity index (χ0v) is 26.5. The summed E-state index contributed by atoms with van der Waals surface area (Å²) in [5.41, 5.74) is 1.66. The molecule has 0 bridgehead atoms. The first-order chi connectivity index (χ1) is 21.8. The van der Waals surface area contributed by atoms with E-state index >= 15 is 4.39 Å². The molecule has 2 aliphatic rings. The van der Waals surface area contributed by atoms with Gasteiger partial charge in [0.2, 0.25) is 5.91 Å². The summed E-state index contributed by atoms with van der Waals surface area (Å²) < 4.78 is 20.6. The Balaban J connectivity index is 1.52. The van der Waals surface area contributed by atoms with Crippen LogP contribution in [0, 0.1) is 11.7 Å². The van der Waals surface area contributed by atoms with Crippen LogP contribution in [0.5, 0.6) is 0 Å². The highest BCUT2D eigenvalue weighted by Crippen LogP contribution is 2.45. The van der Waals surface area contributed by atoms with Crippen molar-refractivity contribution >= 4 is 12.0 Å². The molecule has 2 fully saturated rings. The van der Waals surface area contributed by atoms with E-state index in [2.05, 4.69) is 29.7 Å². The predicted octanol–water partition coefficient (Wildman–Crippen LogP) is 5.94. The van der Waals surface area contributed by atoms with Gasteiger partial charge in [0, 0.05) is 31.1 Å². The third-order valence-corrected chi connectivity index (χ3v) is 9.87. The van der Waals surface area contributed by atoms with Crippen LogP contribution in [0.2, 0.25) is 0 Å². The molecular weight excluding hydrogens is 569 g/mol. The number of carbonyl (C=O) groups is 2. The van der Waals surface area contributed by atoms with Crippen LogP contribution < -0.4 is 10.6 Å². The van der Waals surface area contributed by atoms with E-state index in [0.29, 0.717) is 56.4 Å². The number of methoxy groups -OCH3 is 1. The number of ether oxygens (including phenoxy) is 1. The molecule has 2 heterocycles. The van der Waals surface area contributed by atoms with Crippen LogP contribution in [0.1, 0.15) is 62.1 Å². The van der Waals surface area contributed by atoms with Gasteiger partial charge >= 0.3 is 6.09 Å². The van der Waals surface area contributed by atoms with E-state index in [1.807, 2.05) is 53.4 Å². The Hall–Kier alpha value is -3.75. The molecule has 3 N–H and O–H groups in total. The quantitative estimate of drug-likeness (QED) is 0.246. The molecule has 2 aliphatic heterocycles. The average molecular weight is 616 g/mol. The lowest BCUT2D eigenvalue weighted by Crippen LogP contribution is -2.56. The van der Waals surface area contributed by atoms with Gasteiger partial charge in [-0.1, -0.05) is 73.7 Å². The maximum atomic E-state index is 15.8. The summed E-state index contributed by atoms with van der Waals surface area (Å²) in [5, 5.41) is 19.0. The Morgan fingerprint density at radius 2 is 1.84 bits per heavy atom. The van der Waals surface area contributed by atoms with Crippen molar-refractivity contribution < 1.29 is 23.8 Å². The van der Waals surface area contributed by atoms with E-state index < -0.39 is 22.9 Å². The van der Waals surface area contributed by atoms with Crippen molar-refractivity contribution in [1.82, 2.24) is 15.5 Å². The molecule has 3 aromatic rings. The Labute approximate surface area is 266 Å². The summed E-state index contributed by atoms with van der Waals surface area (Å²) in [7, 11) is 1.31. The molecule has 5 rings (SSSR count). The standard InChI is InChI=1S/C37H46FN3O4/c1-3-27-11-7-12-28(25-27)33-31(16-8-17-32(33)38)37(44,18-10-21-40-35(43)45-2)30-15-9-24-41(26-30)34(42)36(19-22-39-23-20-36)29-13-5-4-6-14-29/h4-8,11-14,16-17,25,30,39,44H,3,9-10,15,18-24,26H2,1-2H3,(H,40,43). The van der Waals surface area contributed by atoms with Crippen molar-refractivity contribution in [2.75, 3.05) is 39.8 Å². The number of carbonyl (C=O) groups excluding carboxylic acids is 2. The zero-order valence-electron chi connectivity index (χ0n) is 26.5. The SMILES string of the molecule is CCc1cccc(-c2c(F)cccc2C(O)(CCCNC(=O)OC)C2CCCN(C(=O)C3(c4ccccc4)CCNCC3)C2)c1. The first kappa shape index (κ1) is 32.6. The summed E-state index contributed by atoms with van der Waals surface area (Å²) >= 11 is 0. The van der Waals surface area contributed by atoms with Crippen LogP contribution >= 0.6 is 0 Å². The first-order valence-corrected chi connectivity index (χ1v) is 16.3. The molecule has 8 heteroatoms. The van der Waals surface area contributed by atoms with Crippen molar-refractivity contribution in [3.8, 4) is 11.1 Å². The van der Waals surface area contributed by atoms with E-state index in [4.69, 9.17) is 4.74 Å². The summed E-state index contributed by atoms with van der Waals surface area (Å²) in [5.74, 6) is -0.629. The first-order valence-electron chi connectivity index (χ1n) is 16.3. The van der Waals surface area contributed by atoms with E-state index in [0.717, 1.165) is 42.6 Å². The largest absolute Gasteiger partial charge is 0.453 e. The number of aliphatic hydroxyl groups is 1. The smallest absolute Gasteiger partial charge is 0.406 e. The van der Waals surface area contributed by atoms with Gasteiger partial charge in [-0.2, -0.15) is 0 Å². The Kier molecular flexibility index (Phi) is 10.6. The van der Waals surface area contributed by atoms with Gasteiger partial charge in [-0.05, 0) is 86.4 Å². The van der Waals surface area contributed by atoms with Crippen LogP contribution in [-0.2, 0) is 27.0 Å². The summed E-state index contributed by atoms with van der Waals surface area (Å²) in [4.78, 5) is 28.3. The monoisotopic (exact) mass is 615 g/mol. The van der Waals surface area contributed by atoms with E-state index in [9.17, 15) is 14.7 Å². The highest BCUT2D eigenvalue weighted by molar-refractivity contribution is 5.88. The molecule has 0 spiro atoms. The maximum absolute atomic E-state index is 15.8. The lowest BCUT2D eigenvalue weighted by molar-refractivity contribution is -0.144. The predicted molar refractivity (Wildman–Crippen MR) is 174 cm³/mol. The van der Waals surface area contributed by atoms with Gasteiger partial charge in [0.25, 0.3) is 0 Å². The molecule has 0 saturated carbocycles. The molecule has 0 aliphatic carbocycles. The third kappa shape index (κ3) is 6.92. The van der Waals surface area contributed by atoms with E-state index in [1.54, 1.807) is 6.07 Å². The van der Waals surface area contributed by atoms with Crippen molar-refractivity contribution in [2.45, 2.75) is 62.9 Å². The third-order valence-electron chi connectivity index (χ3n) is 9.87. The Morgan fingerprint density at radius 1 is 1.09 bits per heavy atom. The van der Waals surface area contributed by atoms with E-state index in [1.165, 1.54) is 13.2 Å². The molecule has 240 valence electrons. The number of nitrogens with one attached hydrogen (secondary N) is 2. The zero-order chi connectivity index (χ0) is 31.9. The molecule has 0 radical (unpaired) electrons. The number of benzene rings is 3. The summed E-state index contributed by atoms with van der Waals surface area (Å²) in [6.07, 6.45) is 3.84. The van der Waals surface area contributed by atoms with Gasteiger partial charge < -0.3 is 25.4 Å². The second-order valence-corrected chi connectivity index (χ2v) is 12.5. The Morgan fingerprint density at radius 3 is 2.58 bits per heavy atom. The van der Waals surface area contributed by atoms with Crippen molar-refractivity contribution in [3.63, 3.8) is 0 Å². The number of rotatable bonds is 10. The second-order valence-electron chi connectivity index (χ2n) is 12.5. The van der Waals surface area contributed by atoms with Crippen LogP contribution in [0.25, 0.3) is 11.1 Å². The molecule has 2 unspecified atom stereocenters. The minimum absolute atomic E-state index is 0.102. The van der Waals surface area contributed by atoms with Gasteiger partial charge in [-0.15, -0.1) is 0 Å². The highest BCUT2D eigenvalue weighted by atomic mass is 19.1. The van der Waals surface area contributed by atoms with Gasteiger partial charge in [-0.25, -0.2) is 9.18 Å². The number of piperidine rings is 2.